The van der Waals surface area contributed by atoms with E-state index >= 15 is 0 Å². The Labute approximate surface area is 111 Å². The lowest BCUT2D eigenvalue weighted by Gasteiger charge is -2.10. The lowest BCUT2D eigenvalue weighted by atomic mass is 10.3. The molecule has 2 aromatic rings. The molecule has 0 aliphatic heterocycles. The van der Waals surface area contributed by atoms with E-state index in [1.807, 2.05) is 0 Å². The number of hydrogen-bond acceptors (Lipinski definition) is 6. The van der Waals surface area contributed by atoms with Crippen LogP contribution in [-0.2, 0) is 9.84 Å². The molecule has 1 aromatic heterocycles. The van der Waals surface area contributed by atoms with Crippen molar-refractivity contribution in [2.24, 2.45) is 0 Å². The van der Waals surface area contributed by atoms with Crippen molar-refractivity contribution >= 4 is 21.5 Å². The Hall–Kier alpha value is -2.15. The summed E-state index contributed by atoms with van der Waals surface area (Å²) in [5, 5.41) is 0. The van der Waals surface area contributed by atoms with Crippen molar-refractivity contribution < 1.29 is 8.42 Å². The minimum Gasteiger partial charge on any atom is -0.399 e. The van der Waals surface area contributed by atoms with Gasteiger partial charge in [-0.3, -0.25) is 0 Å². The molecule has 19 heavy (non-hydrogen) atoms. The lowest BCUT2D eigenvalue weighted by molar-refractivity contribution is 0.593. The molecule has 0 unspecified atom stereocenters. The summed E-state index contributed by atoms with van der Waals surface area (Å²) < 4.78 is 25.1. The third-order valence-corrected chi connectivity index (χ3v) is 4.70. The van der Waals surface area contributed by atoms with Crippen molar-refractivity contribution in [3.63, 3.8) is 0 Å². The molecule has 2 rings (SSSR count). The molecule has 0 aliphatic carbocycles. The fourth-order valence-corrected chi connectivity index (χ4v) is 3.48. The Morgan fingerprint density at radius 1 is 0.947 bits per heavy atom. The smallest absolute Gasteiger partial charge is 0.220 e. The summed E-state index contributed by atoms with van der Waals surface area (Å²) in [5.74, 6) is 0.0613. The molecule has 0 amide bonds. The molecule has 1 heterocycles. The summed E-state index contributed by atoms with van der Waals surface area (Å²) in [6.07, 6.45) is 0. The van der Waals surface area contributed by atoms with Crippen LogP contribution in [0.15, 0.2) is 34.1 Å². The van der Waals surface area contributed by atoms with E-state index in [9.17, 15) is 8.42 Å². The molecule has 0 spiro atoms. The van der Waals surface area contributed by atoms with Crippen molar-refractivity contribution in [3.05, 3.63) is 35.7 Å². The van der Waals surface area contributed by atoms with Gasteiger partial charge in [-0.2, -0.15) is 0 Å². The molecule has 0 bridgehead atoms. The zero-order valence-electron chi connectivity index (χ0n) is 10.6. The second-order valence-electron chi connectivity index (χ2n) is 4.15. The van der Waals surface area contributed by atoms with Crippen molar-refractivity contribution in [1.29, 1.82) is 0 Å². The van der Waals surface area contributed by atoms with Crippen LogP contribution in [0.3, 0.4) is 0 Å². The first-order chi connectivity index (χ1) is 8.82. The number of rotatable bonds is 2. The maximum absolute atomic E-state index is 12.5. The summed E-state index contributed by atoms with van der Waals surface area (Å²) in [5.41, 5.74) is 12.2. The van der Waals surface area contributed by atoms with Gasteiger partial charge in [-0.1, -0.05) is 0 Å². The zero-order chi connectivity index (χ0) is 14.2. The largest absolute Gasteiger partial charge is 0.399 e. The monoisotopic (exact) mass is 278 g/mol. The molecule has 4 N–H and O–H groups in total. The number of anilines is 2. The molecule has 1 aromatic carbocycles. The average Bonchev–Trinajstić information content (AvgIpc) is 2.27. The number of nitrogens with two attached hydrogens (primary N) is 2. The van der Waals surface area contributed by atoms with E-state index in [0.29, 0.717) is 17.1 Å². The highest BCUT2D eigenvalue weighted by Gasteiger charge is 2.24. The van der Waals surface area contributed by atoms with Gasteiger partial charge in [-0.05, 0) is 38.1 Å². The Morgan fingerprint density at radius 3 is 1.89 bits per heavy atom. The van der Waals surface area contributed by atoms with Gasteiger partial charge in [0.05, 0.1) is 16.3 Å². The zero-order valence-corrected chi connectivity index (χ0v) is 11.4. The van der Waals surface area contributed by atoms with E-state index in [4.69, 9.17) is 11.5 Å². The quantitative estimate of drug-likeness (QED) is 0.795. The highest BCUT2D eigenvalue weighted by Crippen LogP contribution is 2.26. The van der Waals surface area contributed by atoms with Gasteiger partial charge >= 0.3 is 0 Å². The molecule has 0 fully saturated rings. The summed E-state index contributed by atoms with van der Waals surface area (Å²) in [6.45, 7) is 3.18. The molecule has 7 heteroatoms. The van der Waals surface area contributed by atoms with E-state index < -0.39 is 9.84 Å². The molecule has 0 aliphatic rings. The fraction of sp³-hybridized carbons (Fsp3) is 0.167. The fourth-order valence-electron chi connectivity index (χ4n) is 1.89. The highest BCUT2D eigenvalue weighted by molar-refractivity contribution is 7.91. The number of benzene rings is 1. The molecule has 100 valence electrons. The standard InChI is InChI=1S/C12H14N4O2S/c1-7-11(8(2)16-12(14)15-7)19(17,18)10-5-3-9(13)4-6-10/h3-6H,13H2,1-2H3,(H2,14,15,16). The molecular weight excluding hydrogens is 264 g/mol. The third kappa shape index (κ3) is 2.37. The first-order valence-corrected chi connectivity index (χ1v) is 7.02. The van der Waals surface area contributed by atoms with Gasteiger partial charge < -0.3 is 11.5 Å². The van der Waals surface area contributed by atoms with E-state index in [2.05, 4.69) is 9.97 Å². The van der Waals surface area contributed by atoms with Gasteiger partial charge in [0.15, 0.2) is 0 Å². The van der Waals surface area contributed by atoms with Gasteiger partial charge in [0, 0.05) is 5.69 Å². The summed E-state index contributed by atoms with van der Waals surface area (Å²) in [7, 11) is -3.67. The summed E-state index contributed by atoms with van der Waals surface area (Å²) >= 11 is 0. The second-order valence-corrected chi connectivity index (χ2v) is 6.04. The number of hydrogen-bond donors (Lipinski definition) is 2. The maximum Gasteiger partial charge on any atom is 0.220 e. The predicted molar refractivity (Wildman–Crippen MR) is 72.2 cm³/mol. The first-order valence-electron chi connectivity index (χ1n) is 5.53. The van der Waals surface area contributed by atoms with Crippen molar-refractivity contribution in [1.82, 2.24) is 9.97 Å². The number of aryl methyl sites for hydroxylation is 2. The Bertz CT molecular complexity index is 701. The Balaban J connectivity index is 2.67. The van der Waals surface area contributed by atoms with Crippen LogP contribution in [0.4, 0.5) is 11.6 Å². The number of nitrogen functional groups attached to an aromatic ring is 2. The molecule has 0 saturated heterocycles. The Morgan fingerprint density at radius 2 is 1.42 bits per heavy atom. The van der Waals surface area contributed by atoms with Gasteiger partial charge in [-0.15, -0.1) is 0 Å². The minimum absolute atomic E-state index is 0.0613. The molecule has 0 saturated carbocycles. The van der Waals surface area contributed by atoms with Crippen LogP contribution in [-0.4, -0.2) is 18.4 Å². The normalized spacial score (nSPS) is 11.5. The van der Waals surface area contributed by atoms with Crippen LogP contribution in [0, 0.1) is 13.8 Å². The van der Waals surface area contributed by atoms with E-state index in [-0.39, 0.29) is 15.7 Å². The van der Waals surface area contributed by atoms with Crippen molar-refractivity contribution in [3.8, 4) is 0 Å². The second kappa shape index (κ2) is 4.51. The van der Waals surface area contributed by atoms with Crippen LogP contribution < -0.4 is 11.5 Å². The molecular formula is C12H14N4O2S. The van der Waals surface area contributed by atoms with Crippen LogP contribution in [0.25, 0.3) is 0 Å². The first kappa shape index (κ1) is 13.3. The van der Waals surface area contributed by atoms with Crippen molar-refractivity contribution in [2.75, 3.05) is 11.5 Å². The minimum atomic E-state index is -3.67. The highest BCUT2D eigenvalue weighted by atomic mass is 32.2. The Kier molecular flexibility index (Phi) is 3.15. The lowest BCUT2D eigenvalue weighted by Crippen LogP contribution is -2.11. The van der Waals surface area contributed by atoms with Gasteiger partial charge in [0.2, 0.25) is 15.8 Å². The molecule has 0 radical (unpaired) electrons. The van der Waals surface area contributed by atoms with E-state index in [1.54, 1.807) is 13.8 Å². The van der Waals surface area contributed by atoms with Crippen LogP contribution >= 0.6 is 0 Å². The van der Waals surface area contributed by atoms with E-state index in [0.717, 1.165) is 0 Å². The van der Waals surface area contributed by atoms with Gasteiger partial charge in [0.1, 0.15) is 4.90 Å². The van der Waals surface area contributed by atoms with Crippen LogP contribution in [0.1, 0.15) is 11.4 Å². The van der Waals surface area contributed by atoms with E-state index in [1.165, 1.54) is 24.3 Å². The van der Waals surface area contributed by atoms with Crippen molar-refractivity contribution in [2.45, 2.75) is 23.6 Å². The van der Waals surface area contributed by atoms with Crippen LogP contribution in [0.2, 0.25) is 0 Å². The summed E-state index contributed by atoms with van der Waals surface area (Å²) in [4.78, 5) is 8.06. The van der Waals surface area contributed by atoms with Gasteiger partial charge in [0.25, 0.3) is 0 Å². The number of sulfone groups is 1. The number of nitrogens with zero attached hydrogens (tertiary/aromatic N) is 2. The van der Waals surface area contributed by atoms with Crippen LogP contribution in [0.5, 0.6) is 0 Å². The summed E-state index contributed by atoms with van der Waals surface area (Å²) in [6, 6.07) is 5.99. The third-order valence-electron chi connectivity index (χ3n) is 2.68. The average molecular weight is 278 g/mol. The predicted octanol–water partition coefficient (Wildman–Crippen LogP) is 1.09. The SMILES string of the molecule is Cc1nc(N)nc(C)c1S(=O)(=O)c1ccc(N)cc1. The number of aromatic nitrogens is 2. The molecule has 0 atom stereocenters. The topological polar surface area (TPSA) is 112 Å². The molecule has 6 nitrogen and oxygen atoms in total. The van der Waals surface area contributed by atoms with Gasteiger partial charge in [-0.25, -0.2) is 18.4 Å². The maximum atomic E-state index is 12.5.